The maximum atomic E-state index is 9.48. The average Bonchev–Trinajstić information content (AvgIpc) is 3.39. The van der Waals surface area contributed by atoms with Crippen LogP contribution < -0.4 is 5.73 Å². The number of aryl methyl sites for hydroxylation is 2. The van der Waals surface area contributed by atoms with Crippen molar-refractivity contribution in [1.29, 1.82) is 5.26 Å². The lowest BCUT2D eigenvalue weighted by Crippen LogP contribution is -2.45. The van der Waals surface area contributed by atoms with Crippen LogP contribution >= 0.6 is 11.6 Å². The van der Waals surface area contributed by atoms with Crippen molar-refractivity contribution in [3.05, 3.63) is 118 Å². The van der Waals surface area contributed by atoms with E-state index in [1.165, 1.54) is 44.3 Å². The van der Waals surface area contributed by atoms with Crippen LogP contribution in [0.3, 0.4) is 0 Å². The third-order valence-electron chi connectivity index (χ3n) is 8.55. The van der Waals surface area contributed by atoms with Crippen LogP contribution in [0.5, 0.6) is 0 Å². The molecule has 1 aliphatic heterocycles. The molecule has 1 aliphatic rings. The van der Waals surface area contributed by atoms with Gasteiger partial charge in [0.25, 0.3) is 0 Å². The number of hydrogen-bond donors (Lipinski definition) is 1. The second kappa shape index (κ2) is 13.2. The summed E-state index contributed by atoms with van der Waals surface area (Å²) in [5.41, 5.74) is 16.2. The largest absolute Gasteiger partial charge is 0.347 e. The Hall–Kier alpha value is -3.92. The molecule has 43 heavy (non-hydrogen) atoms. The fraction of sp³-hybridized carbons (Fsp3) is 0.270. The lowest BCUT2D eigenvalue weighted by Gasteiger charge is -2.35. The Balaban J connectivity index is 1.18. The first kappa shape index (κ1) is 29.2. The Labute approximate surface area is 259 Å². The maximum absolute atomic E-state index is 9.48. The Morgan fingerprint density at radius 1 is 0.814 bits per heavy atom. The summed E-state index contributed by atoms with van der Waals surface area (Å²) in [5, 5.41) is 11.5. The number of aromatic nitrogens is 1. The highest BCUT2D eigenvalue weighted by Gasteiger charge is 2.20. The van der Waals surface area contributed by atoms with E-state index in [2.05, 4.69) is 94.2 Å². The van der Waals surface area contributed by atoms with Gasteiger partial charge in [-0.25, -0.2) is 0 Å². The highest BCUT2D eigenvalue weighted by molar-refractivity contribution is 6.31. The van der Waals surface area contributed by atoms with E-state index in [9.17, 15) is 5.26 Å². The number of hydrogen-bond acceptors (Lipinski definition) is 4. The molecule has 0 bridgehead atoms. The van der Waals surface area contributed by atoms with Crippen LogP contribution in [-0.2, 0) is 19.6 Å². The number of halogens is 1. The van der Waals surface area contributed by atoms with Gasteiger partial charge in [-0.1, -0.05) is 71.8 Å². The first-order valence-electron chi connectivity index (χ1n) is 15.1. The van der Waals surface area contributed by atoms with E-state index in [4.69, 9.17) is 17.3 Å². The maximum Gasteiger partial charge on any atom is 0.0991 e. The summed E-state index contributed by atoms with van der Waals surface area (Å²) in [6.45, 7) is 9.46. The molecule has 0 saturated carbocycles. The summed E-state index contributed by atoms with van der Waals surface area (Å²) in [6.07, 6.45) is 3.15. The van der Waals surface area contributed by atoms with Crippen LogP contribution in [-0.4, -0.2) is 47.1 Å². The monoisotopic (exact) mass is 587 g/mol. The van der Waals surface area contributed by atoms with Crippen molar-refractivity contribution in [2.75, 3.05) is 32.7 Å². The predicted octanol–water partition coefficient (Wildman–Crippen LogP) is 7.48. The molecule has 2 heterocycles. The molecule has 1 aromatic heterocycles. The molecule has 4 aromatic carbocycles. The Morgan fingerprint density at radius 3 is 2.28 bits per heavy atom. The van der Waals surface area contributed by atoms with Crippen molar-refractivity contribution in [2.45, 2.75) is 33.0 Å². The zero-order valence-electron chi connectivity index (χ0n) is 24.8. The summed E-state index contributed by atoms with van der Waals surface area (Å²) in [7, 11) is 0. The van der Waals surface area contributed by atoms with Crippen LogP contribution in [0.15, 0.2) is 91.1 Å². The lowest BCUT2D eigenvalue weighted by atomic mass is 9.97. The van der Waals surface area contributed by atoms with Crippen LogP contribution in [0, 0.1) is 18.3 Å². The van der Waals surface area contributed by atoms with Gasteiger partial charge in [0, 0.05) is 73.5 Å². The number of piperazine rings is 1. The molecule has 1 saturated heterocycles. The molecular weight excluding hydrogens is 550 g/mol. The molecule has 0 atom stereocenters. The van der Waals surface area contributed by atoms with Crippen LogP contribution in [0.4, 0.5) is 0 Å². The summed E-state index contributed by atoms with van der Waals surface area (Å²) in [6, 6.07) is 32.0. The Kier molecular flexibility index (Phi) is 8.92. The van der Waals surface area contributed by atoms with Crippen LogP contribution in [0.1, 0.15) is 28.7 Å². The number of rotatable bonds is 9. The minimum absolute atomic E-state index is 0.659. The molecule has 5 nitrogen and oxygen atoms in total. The number of benzene rings is 4. The zero-order valence-corrected chi connectivity index (χ0v) is 25.5. The van der Waals surface area contributed by atoms with Crippen LogP contribution in [0.25, 0.3) is 33.2 Å². The van der Waals surface area contributed by atoms with E-state index in [1.807, 2.05) is 24.3 Å². The molecule has 0 spiro atoms. The second-order valence-corrected chi connectivity index (χ2v) is 12.0. The molecule has 5 aromatic rings. The van der Waals surface area contributed by atoms with E-state index in [-0.39, 0.29) is 0 Å². The predicted molar refractivity (Wildman–Crippen MR) is 178 cm³/mol. The third kappa shape index (κ3) is 6.54. The molecular formula is C37H38ClN5. The third-order valence-corrected chi connectivity index (χ3v) is 8.91. The number of nitriles is 1. The smallest absolute Gasteiger partial charge is 0.0991 e. The van der Waals surface area contributed by atoms with Crippen molar-refractivity contribution < 1.29 is 0 Å². The number of nitrogens with zero attached hydrogens (tertiary/aromatic N) is 4. The van der Waals surface area contributed by atoms with Crippen molar-refractivity contribution in [3.8, 4) is 28.3 Å². The highest BCUT2D eigenvalue weighted by atomic mass is 35.5. The molecule has 0 aliphatic carbocycles. The topological polar surface area (TPSA) is 61.2 Å². The fourth-order valence-electron chi connectivity index (χ4n) is 6.27. The number of fused-ring (bicyclic) bond motifs is 1. The first-order chi connectivity index (χ1) is 21.0. The second-order valence-electron chi connectivity index (χ2n) is 11.6. The zero-order chi connectivity index (χ0) is 29.8. The number of nitrogens with two attached hydrogens (primary N) is 1. The SMILES string of the molecule is Cc1cccc(-c2cccc(Cl)c2CN2CCN(Cc3ccc4c(c3)c(-c3cccc(C#N)c3)cn4CCCN)CC2)c1. The van der Waals surface area contributed by atoms with Gasteiger partial charge in [-0.15, -0.1) is 0 Å². The molecule has 1 fully saturated rings. The molecule has 6 heteroatoms. The summed E-state index contributed by atoms with van der Waals surface area (Å²) >= 11 is 6.76. The van der Waals surface area contributed by atoms with Gasteiger partial charge in [-0.2, -0.15) is 5.26 Å². The summed E-state index contributed by atoms with van der Waals surface area (Å²) < 4.78 is 2.30. The van der Waals surface area contributed by atoms with Gasteiger partial charge in [-0.3, -0.25) is 9.80 Å². The van der Waals surface area contributed by atoms with E-state index < -0.39 is 0 Å². The van der Waals surface area contributed by atoms with Crippen molar-refractivity contribution in [2.24, 2.45) is 5.73 Å². The van der Waals surface area contributed by atoms with E-state index in [1.54, 1.807) is 0 Å². The molecule has 6 rings (SSSR count). The Bertz CT molecular complexity index is 1770. The normalized spacial score (nSPS) is 14.3. The van der Waals surface area contributed by atoms with Gasteiger partial charge in [0.15, 0.2) is 0 Å². The van der Waals surface area contributed by atoms with Gasteiger partial charge >= 0.3 is 0 Å². The van der Waals surface area contributed by atoms with Crippen LogP contribution in [0.2, 0.25) is 5.02 Å². The standard InChI is InChI=1S/C37H38ClN5/c1-27-6-2-8-30(20-27)32-10-4-11-36(38)35(32)25-42-18-16-41(17-19-42)24-29-12-13-37-33(22-29)34(26-43(37)15-5-14-39)31-9-3-7-28(21-31)23-40/h2-4,6-13,20-22,26H,5,14-19,24-25,39H2,1H3. The summed E-state index contributed by atoms with van der Waals surface area (Å²) in [4.78, 5) is 5.07. The average molecular weight is 588 g/mol. The van der Waals surface area contributed by atoms with Gasteiger partial charge in [0.05, 0.1) is 11.6 Å². The van der Waals surface area contributed by atoms with Crippen molar-refractivity contribution in [3.63, 3.8) is 0 Å². The van der Waals surface area contributed by atoms with Gasteiger partial charge in [0.1, 0.15) is 0 Å². The van der Waals surface area contributed by atoms with Crippen molar-refractivity contribution in [1.82, 2.24) is 14.4 Å². The molecule has 2 N–H and O–H groups in total. The fourth-order valence-corrected chi connectivity index (χ4v) is 6.50. The molecule has 0 unspecified atom stereocenters. The minimum Gasteiger partial charge on any atom is -0.347 e. The minimum atomic E-state index is 0.659. The first-order valence-corrected chi connectivity index (χ1v) is 15.5. The van der Waals surface area contributed by atoms with E-state index >= 15 is 0 Å². The molecule has 0 amide bonds. The Morgan fingerprint density at radius 2 is 1.53 bits per heavy atom. The summed E-state index contributed by atoms with van der Waals surface area (Å²) in [5.74, 6) is 0. The molecule has 218 valence electrons. The van der Waals surface area contributed by atoms with E-state index in [0.29, 0.717) is 12.1 Å². The van der Waals surface area contributed by atoms with E-state index in [0.717, 1.165) is 62.8 Å². The highest BCUT2D eigenvalue weighted by Crippen LogP contribution is 2.33. The molecule has 0 radical (unpaired) electrons. The quantitative estimate of drug-likeness (QED) is 0.194. The van der Waals surface area contributed by atoms with Gasteiger partial charge in [0.2, 0.25) is 0 Å². The van der Waals surface area contributed by atoms with Gasteiger partial charge in [-0.05, 0) is 78.0 Å². The van der Waals surface area contributed by atoms with Gasteiger partial charge < -0.3 is 10.3 Å². The lowest BCUT2D eigenvalue weighted by molar-refractivity contribution is 0.122. The van der Waals surface area contributed by atoms with Crippen molar-refractivity contribution >= 4 is 22.5 Å².